The molecule has 6 rings (SSSR count). The largest absolute Gasteiger partial charge is 0.336 e. The number of anilines is 1. The molecule has 0 bridgehead atoms. The number of carbonyl (C=O) groups excluding carboxylic acids is 1. The van der Waals surface area contributed by atoms with Crippen LogP contribution in [0.3, 0.4) is 0 Å². The van der Waals surface area contributed by atoms with E-state index in [4.69, 9.17) is 9.97 Å². The van der Waals surface area contributed by atoms with Gasteiger partial charge in [-0.3, -0.25) is 19.4 Å². The molecular weight excluding hydrogens is 444 g/mol. The van der Waals surface area contributed by atoms with Crippen LogP contribution in [0.15, 0.2) is 55.4 Å². The van der Waals surface area contributed by atoms with Gasteiger partial charge in [-0.1, -0.05) is 6.92 Å². The Morgan fingerprint density at radius 3 is 2.83 bits per heavy atom. The third kappa shape index (κ3) is 3.68. The second-order valence-electron chi connectivity index (χ2n) is 8.07. The number of fused-ring (bicyclic) bond motifs is 2. The summed E-state index contributed by atoms with van der Waals surface area (Å²) in [5.41, 5.74) is 6.55. The molecular formula is C24H20N10O. The van der Waals surface area contributed by atoms with E-state index in [0.717, 1.165) is 22.3 Å². The van der Waals surface area contributed by atoms with Gasteiger partial charge in [-0.05, 0) is 31.2 Å². The normalized spacial score (nSPS) is 11.4. The van der Waals surface area contributed by atoms with Crippen LogP contribution in [0.5, 0.6) is 0 Å². The van der Waals surface area contributed by atoms with Gasteiger partial charge in [0, 0.05) is 30.6 Å². The Labute approximate surface area is 198 Å². The van der Waals surface area contributed by atoms with Gasteiger partial charge in [-0.15, -0.1) is 0 Å². The topological polar surface area (TPSA) is 143 Å². The smallest absolute Gasteiger partial charge is 0.224 e. The Hall–Kier alpha value is -4.93. The van der Waals surface area contributed by atoms with Crippen molar-refractivity contribution in [2.24, 2.45) is 0 Å². The summed E-state index contributed by atoms with van der Waals surface area (Å²) in [5.74, 6) is 1.18. The van der Waals surface area contributed by atoms with E-state index in [1.165, 1.54) is 0 Å². The summed E-state index contributed by atoms with van der Waals surface area (Å²) < 4.78 is 1.85. The van der Waals surface area contributed by atoms with Crippen molar-refractivity contribution in [1.29, 1.82) is 0 Å². The number of aryl methyl sites for hydroxylation is 1. The van der Waals surface area contributed by atoms with Gasteiger partial charge < -0.3 is 10.3 Å². The molecule has 3 N–H and O–H groups in total. The average Bonchev–Trinajstić information content (AvgIpc) is 3.61. The minimum atomic E-state index is -0.0749. The van der Waals surface area contributed by atoms with Gasteiger partial charge >= 0.3 is 0 Å². The Bertz CT molecular complexity index is 1710. The summed E-state index contributed by atoms with van der Waals surface area (Å²) >= 11 is 0. The summed E-state index contributed by atoms with van der Waals surface area (Å²) in [6.07, 6.45) is 9.06. The lowest BCUT2D eigenvalue weighted by atomic mass is 10.1. The number of hydrogen-bond donors (Lipinski definition) is 3. The minimum absolute atomic E-state index is 0.0749. The van der Waals surface area contributed by atoms with E-state index in [0.29, 0.717) is 46.2 Å². The van der Waals surface area contributed by atoms with E-state index in [9.17, 15) is 4.79 Å². The van der Waals surface area contributed by atoms with Gasteiger partial charge in [-0.2, -0.15) is 5.10 Å². The molecule has 0 aliphatic heterocycles. The third-order valence-corrected chi connectivity index (χ3v) is 5.61. The Morgan fingerprint density at radius 1 is 1.09 bits per heavy atom. The number of hydrogen-bond acceptors (Lipinski definition) is 7. The molecule has 1 amide bonds. The summed E-state index contributed by atoms with van der Waals surface area (Å²) in [6.45, 7) is 3.73. The lowest BCUT2D eigenvalue weighted by Gasteiger charge is -2.06. The van der Waals surface area contributed by atoms with Gasteiger partial charge in [0.1, 0.15) is 17.4 Å². The van der Waals surface area contributed by atoms with Crippen molar-refractivity contribution >= 4 is 33.7 Å². The van der Waals surface area contributed by atoms with E-state index in [-0.39, 0.29) is 5.91 Å². The quantitative estimate of drug-likeness (QED) is 0.352. The number of amides is 1. The number of pyridine rings is 3. The highest BCUT2D eigenvalue weighted by Crippen LogP contribution is 2.29. The third-order valence-electron chi connectivity index (χ3n) is 5.61. The predicted octanol–water partition coefficient (Wildman–Crippen LogP) is 3.80. The van der Waals surface area contributed by atoms with Crippen molar-refractivity contribution < 1.29 is 4.79 Å². The molecule has 0 aliphatic rings. The summed E-state index contributed by atoms with van der Waals surface area (Å²) in [7, 11) is 0. The van der Waals surface area contributed by atoms with Crippen LogP contribution < -0.4 is 5.32 Å². The molecule has 6 heterocycles. The number of aromatic amines is 2. The number of nitrogens with one attached hydrogen (secondary N) is 3. The van der Waals surface area contributed by atoms with E-state index in [1.807, 2.05) is 42.0 Å². The van der Waals surface area contributed by atoms with Gasteiger partial charge in [-0.25, -0.2) is 19.9 Å². The SMILES string of the molecule is CCC(=O)Nc1cncc(-c2ccc3[nH]nc(-c4nc5c(-n6cnc(C)c6)nccc5[nH]4)c3n2)c1. The lowest BCUT2D eigenvalue weighted by Crippen LogP contribution is -2.09. The number of aromatic nitrogens is 9. The number of H-pyrrole nitrogens is 2. The first-order chi connectivity index (χ1) is 17.1. The van der Waals surface area contributed by atoms with Crippen molar-refractivity contribution in [3.05, 3.63) is 61.1 Å². The maximum absolute atomic E-state index is 11.8. The van der Waals surface area contributed by atoms with Crippen LogP contribution in [0.4, 0.5) is 5.69 Å². The fraction of sp³-hybridized carbons (Fsp3) is 0.125. The van der Waals surface area contributed by atoms with Crippen LogP contribution in [0.25, 0.3) is 50.7 Å². The molecule has 11 heteroatoms. The van der Waals surface area contributed by atoms with Crippen LogP contribution in [0, 0.1) is 6.92 Å². The van der Waals surface area contributed by atoms with Crippen LogP contribution in [-0.2, 0) is 4.79 Å². The second-order valence-corrected chi connectivity index (χ2v) is 8.07. The van der Waals surface area contributed by atoms with Gasteiger partial charge in [0.25, 0.3) is 0 Å². The Morgan fingerprint density at radius 2 is 2.00 bits per heavy atom. The standard InChI is InChI=1S/C24H20N10O/c1-3-19(35)28-15-8-14(9-25-10-15)16-4-5-18-20(29-16)22(33-32-18)23-30-17-6-7-26-24(21(17)31-23)34-11-13(2)27-12-34/h4-12H,3H2,1-2H3,(H,28,35)(H,30,31)(H,32,33). The first-order valence-electron chi connectivity index (χ1n) is 11.1. The van der Waals surface area contributed by atoms with Gasteiger partial charge in [0.2, 0.25) is 5.91 Å². The van der Waals surface area contributed by atoms with Crippen LogP contribution in [0.1, 0.15) is 19.0 Å². The molecule has 6 aromatic rings. The van der Waals surface area contributed by atoms with Crippen LogP contribution in [-0.4, -0.2) is 50.6 Å². The number of nitrogens with zero attached hydrogens (tertiary/aromatic N) is 7. The molecule has 0 saturated heterocycles. The molecule has 6 aromatic heterocycles. The Kier molecular flexibility index (Phi) is 4.80. The Balaban J connectivity index is 1.43. The molecule has 0 saturated carbocycles. The van der Waals surface area contributed by atoms with Gasteiger partial charge in [0.05, 0.1) is 34.3 Å². The molecule has 0 atom stereocenters. The lowest BCUT2D eigenvalue weighted by molar-refractivity contribution is -0.115. The fourth-order valence-corrected chi connectivity index (χ4v) is 3.88. The van der Waals surface area contributed by atoms with Crippen molar-refractivity contribution in [2.75, 3.05) is 5.32 Å². The first kappa shape index (κ1) is 20.7. The minimum Gasteiger partial charge on any atom is -0.336 e. The van der Waals surface area contributed by atoms with E-state index in [2.05, 4.69) is 35.5 Å². The highest BCUT2D eigenvalue weighted by molar-refractivity contribution is 5.93. The van der Waals surface area contributed by atoms with Crippen molar-refractivity contribution in [1.82, 2.24) is 44.7 Å². The molecule has 0 aromatic carbocycles. The monoisotopic (exact) mass is 464 g/mol. The molecule has 172 valence electrons. The molecule has 0 spiro atoms. The molecule has 0 aliphatic carbocycles. The maximum Gasteiger partial charge on any atom is 0.224 e. The molecule has 35 heavy (non-hydrogen) atoms. The zero-order valence-corrected chi connectivity index (χ0v) is 18.9. The van der Waals surface area contributed by atoms with Gasteiger partial charge in [0.15, 0.2) is 17.3 Å². The fourth-order valence-electron chi connectivity index (χ4n) is 3.88. The maximum atomic E-state index is 11.8. The van der Waals surface area contributed by atoms with E-state index >= 15 is 0 Å². The zero-order valence-electron chi connectivity index (χ0n) is 18.9. The number of carbonyl (C=O) groups is 1. The van der Waals surface area contributed by atoms with Crippen LogP contribution >= 0.6 is 0 Å². The first-order valence-corrected chi connectivity index (χ1v) is 11.1. The van der Waals surface area contributed by atoms with Crippen molar-refractivity contribution in [2.45, 2.75) is 20.3 Å². The molecule has 11 nitrogen and oxygen atoms in total. The summed E-state index contributed by atoms with van der Waals surface area (Å²) in [5, 5.41) is 10.3. The highest BCUT2D eigenvalue weighted by Gasteiger charge is 2.17. The van der Waals surface area contributed by atoms with Crippen molar-refractivity contribution in [3.8, 4) is 28.6 Å². The number of rotatable bonds is 5. The number of imidazole rings is 2. The molecule has 0 radical (unpaired) electrons. The zero-order chi connectivity index (χ0) is 23.9. The van der Waals surface area contributed by atoms with E-state index in [1.54, 1.807) is 31.8 Å². The van der Waals surface area contributed by atoms with E-state index < -0.39 is 0 Å². The van der Waals surface area contributed by atoms with Crippen LogP contribution in [0.2, 0.25) is 0 Å². The van der Waals surface area contributed by atoms with Crippen molar-refractivity contribution in [3.63, 3.8) is 0 Å². The molecule has 0 fully saturated rings. The highest BCUT2D eigenvalue weighted by atomic mass is 16.1. The summed E-state index contributed by atoms with van der Waals surface area (Å²) in [6, 6.07) is 7.51. The molecule has 0 unspecified atom stereocenters. The average molecular weight is 464 g/mol. The second kappa shape index (κ2) is 8.13. The summed E-state index contributed by atoms with van der Waals surface area (Å²) in [4.78, 5) is 37.8. The predicted molar refractivity (Wildman–Crippen MR) is 131 cm³/mol.